The van der Waals surface area contributed by atoms with E-state index in [1.54, 1.807) is 0 Å². The molecule has 0 heterocycles. The fourth-order valence-electron chi connectivity index (χ4n) is 1.63. The van der Waals surface area contributed by atoms with Crippen LogP contribution in [0.25, 0.3) is 5.57 Å². The van der Waals surface area contributed by atoms with Crippen LogP contribution in [0.1, 0.15) is 18.9 Å². The summed E-state index contributed by atoms with van der Waals surface area (Å²) in [5.74, 6) is 0. The Bertz CT molecular complexity index is 369. The third-order valence-electron chi connectivity index (χ3n) is 2.46. The minimum absolute atomic E-state index is 1.11. The normalized spacial score (nSPS) is 15.5. The molecule has 1 aliphatic carbocycles. The Morgan fingerprint density at radius 1 is 1.08 bits per heavy atom. The highest BCUT2D eigenvalue weighted by atomic mass is 14.1. The largest absolute Gasteiger partial charge is 0.139 e. The molecule has 0 saturated carbocycles. The molecule has 0 unspecified atom stereocenters. The molecule has 1 aromatic carbocycles. The smallest absolute Gasteiger partial charge is 0.0889 e. The van der Waals surface area contributed by atoms with Gasteiger partial charge >= 0.3 is 0 Å². The van der Waals surface area contributed by atoms with Gasteiger partial charge in [0.1, 0.15) is 7.85 Å². The number of hydrogen-bond donors (Lipinski definition) is 0. The molecule has 0 aromatic heterocycles. The number of hydrogen-bond acceptors (Lipinski definition) is 0. The maximum atomic E-state index is 2.22. The number of benzene rings is 1. The first kappa shape index (κ1) is 8.37. The van der Waals surface area contributed by atoms with Crippen LogP contribution in [0.5, 0.6) is 0 Å². The Kier molecular flexibility index (Phi) is 2.09. The lowest BCUT2D eigenvalue weighted by Crippen LogP contribution is -1.99. The van der Waals surface area contributed by atoms with Crippen LogP contribution in [0.3, 0.4) is 0 Å². The Hall–Kier alpha value is -1.24. The SMILES string of the molecule is Bc1ccc(C2=CC=C(C)C2)cc1. The lowest BCUT2D eigenvalue weighted by Gasteiger charge is -2.03. The van der Waals surface area contributed by atoms with Gasteiger partial charge in [-0.05, 0) is 24.5 Å². The summed E-state index contributed by atoms with van der Waals surface area (Å²) in [6.07, 6.45) is 5.54. The van der Waals surface area contributed by atoms with Crippen LogP contribution in [0.4, 0.5) is 0 Å². The van der Waals surface area contributed by atoms with Crippen molar-refractivity contribution in [2.45, 2.75) is 13.3 Å². The third kappa shape index (κ3) is 1.75. The fourth-order valence-corrected chi connectivity index (χ4v) is 1.63. The molecular formula is C12H13B. The summed E-state index contributed by atoms with van der Waals surface area (Å²) < 4.78 is 0. The van der Waals surface area contributed by atoms with Crippen LogP contribution in [-0.4, -0.2) is 7.85 Å². The fraction of sp³-hybridized carbons (Fsp3) is 0.167. The lowest BCUT2D eigenvalue weighted by molar-refractivity contribution is 1.26. The van der Waals surface area contributed by atoms with E-state index in [0.717, 1.165) is 6.42 Å². The van der Waals surface area contributed by atoms with Crippen molar-refractivity contribution in [2.24, 2.45) is 0 Å². The van der Waals surface area contributed by atoms with E-state index in [9.17, 15) is 0 Å². The highest BCUT2D eigenvalue weighted by molar-refractivity contribution is 6.32. The predicted molar refractivity (Wildman–Crippen MR) is 61.0 cm³/mol. The summed E-state index contributed by atoms with van der Waals surface area (Å²) in [6.45, 7) is 2.18. The van der Waals surface area contributed by atoms with Crippen molar-refractivity contribution in [2.75, 3.05) is 0 Å². The minimum Gasteiger partial charge on any atom is -0.0889 e. The van der Waals surface area contributed by atoms with Crippen molar-refractivity contribution >= 4 is 18.9 Å². The van der Waals surface area contributed by atoms with Gasteiger partial charge in [-0.25, -0.2) is 0 Å². The van der Waals surface area contributed by atoms with Crippen molar-refractivity contribution < 1.29 is 0 Å². The molecular weight excluding hydrogens is 155 g/mol. The Labute approximate surface area is 80.4 Å². The van der Waals surface area contributed by atoms with Crippen LogP contribution < -0.4 is 5.46 Å². The van der Waals surface area contributed by atoms with Crippen LogP contribution in [0.15, 0.2) is 42.0 Å². The molecule has 1 heteroatoms. The Morgan fingerprint density at radius 2 is 1.77 bits per heavy atom. The van der Waals surface area contributed by atoms with Gasteiger partial charge in [-0.2, -0.15) is 0 Å². The van der Waals surface area contributed by atoms with E-state index in [1.165, 1.54) is 22.2 Å². The molecule has 64 valence electrons. The summed E-state index contributed by atoms with van der Waals surface area (Å²) in [7, 11) is 2.12. The van der Waals surface area contributed by atoms with Gasteiger partial charge in [-0.15, -0.1) is 0 Å². The second-order valence-electron chi connectivity index (χ2n) is 3.75. The predicted octanol–water partition coefficient (Wildman–Crippen LogP) is 1.68. The van der Waals surface area contributed by atoms with Crippen LogP contribution >= 0.6 is 0 Å². The van der Waals surface area contributed by atoms with Gasteiger partial charge in [0.2, 0.25) is 0 Å². The lowest BCUT2D eigenvalue weighted by atomic mass is 9.93. The number of rotatable bonds is 1. The van der Waals surface area contributed by atoms with Crippen molar-refractivity contribution in [3.63, 3.8) is 0 Å². The molecule has 0 radical (unpaired) electrons. The summed E-state index contributed by atoms with van der Waals surface area (Å²) in [5, 5.41) is 0. The molecule has 0 aliphatic heterocycles. The molecule has 0 bridgehead atoms. The molecule has 13 heavy (non-hydrogen) atoms. The zero-order valence-electron chi connectivity index (χ0n) is 8.17. The zero-order valence-corrected chi connectivity index (χ0v) is 8.17. The average molecular weight is 168 g/mol. The minimum atomic E-state index is 1.11. The maximum absolute atomic E-state index is 2.22. The summed E-state index contributed by atoms with van der Waals surface area (Å²) in [5.41, 5.74) is 5.58. The van der Waals surface area contributed by atoms with E-state index in [-0.39, 0.29) is 0 Å². The first-order valence-electron chi connectivity index (χ1n) is 4.69. The van der Waals surface area contributed by atoms with Crippen LogP contribution in [-0.2, 0) is 0 Å². The van der Waals surface area contributed by atoms with Crippen LogP contribution in [0.2, 0.25) is 0 Å². The van der Waals surface area contributed by atoms with E-state index in [4.69, 9.17) is 0 Å². The van der Waals surface area contributed by atoms with Gasteiger partial charge in [-0.3, -0.25) is 0 Å². The molecule has 0 spiro atoms. The highest BCUT2D eigenvalue weighted by Gasteiger charge is 2.05. The molecule has 1 aliphatic rings. The molecule has 2 rings (SSSR count). The molecule has 0 amide bonds. The van der Waals surface area contributed by atoms with Crippen molar-refractivity contribution in [3.8, 4) is 0 Å². The second kappa shape index (κ2) is 3.25. The summed E-state index contributed by atoms with van der Waals surface area (Å²) in [6, 6.07) is 8.74. The van der Waals surface area contributed by atoms with Crippen molar-refractivity contribution in [1.82, 2.24) is 0 Å². The van der Waals surface area contributed by atoms with Gasteiger partial charge < -0.3 is 0 Å². The molecule has 0 saturated heterocycles. The van der Waals surface area contributed by atoms with Gasteiger partial charge in [0.25, 0.3) is 0 Å². The van der Waals surface area contributed by atoms with E-state index in [0.29, 0.717) is 0 Å². The van der Waals surface area contributed by atoms with Crippen molar-refractivity contribution in [1.29, 1.82) is 0 Å². The Balaban J connectivity index is 2.24. The van der Waals surface area contributed by atoms with Gasteiger partial charge in [0, 0.05) is 0 Å². The topological polar surface area (TPSA) is 0 Å². The molecule has 0 atom stereocenters. The van der Waals surface area contributed by atoms with Gasteiger partial charge in [0.05, 0.1) is 0 Å². The maximum Gasteiger partial charge on any atom is 0.139 e. The Morgan fingerprint density at radius 3 is 2.31 bits per heavy atom. The summed E-state index contributed by atoms with van der Waals surface area (Å²) >= 11 is 0. The van der Waals surface area contributed by atoms with Gasteiger partial charge in [-0.1, -0.05) is 47.5 Å². The first-order valence-corrected chi connectivity index (χ1v) is 4.69. The average Bonchev–Trinajstić information content (AvgIpc) is 2.53. The second-order valence-corrected chi connectivity index (χ2v) is 3.75. The highest BCUT2D eigenvalue weighted by Crippen LogP contribution is 2.26. The first-order chi connectivity index (χ1) is 6.25. The molecule has 0 nitrogen and oxygen atoms in total. The summed E-state index contributed by atoms with van der Waals surface area (Å²) in [4.78, 5) is 0. The molecule has 0 fully saturated rings. The van der Waals surface area contributed by atoms with E-state index < -0.39 is 0 Å². The van der Waals surface area contributed by atoms with Gasteiger partial charge in [0.15, 0.2) is 0 Å². The van der Waals surface area contributed by atoms with E-state index in [1.807, 2.05) is 0 Å². The molecule has 1 aromatic rings. The zero-order chi connectivity index (χ0) is 9.26. The molecule has 0 N–H and O–H groups in total. The third-order valence-corrected chi connectivity index (χ3v) is 2.46. The monoisotopic (exact) mass is 168 g/mol. The van der Waals surface area contributed by atoms with E-state index in [2.05, 4.69) is 51.2 Å². The van der Waals surface area contributed by atoms with Crippen LogP contribution in [0, 0.1) is 0 Å². The standard InChI is InChI=1S/C12H13B/c1-9-2-3-11(8-9)10-4-6-12(13)7-5-10/h2-7H,8,13H2,1H3. The van der Waals surface area contributed by atoms with Crippen molar-refractivity contribution in [3.05, 3.63) is 47.6 Å². The quantitative estimate of drug-likeness (QED) is 0.559. The number of allylic oxidation sites excluding steroid dienone is 4. The van der Waals surface area contributed by atoms with E-state index >= 15 is 0 Å².